The lowest BCUT2D eigenvalue weighted by Crippen LogP contribution is -2.32. The number of carboxylic acid groups (broad SMARTS) is 1. The Balaban J connectivity index is 1.57. The molecule has 1 unspecified atom stereocenters. The van der Waals surface area contributed by atoms with Crippen LogP contribution in [0.1, 0.15) is 28.0 Å². The molecule has 2 amide bonds. The number of rotatable bonds is 7. The molecule has 28 heavy (non-hydrogen) atoms. The zero-order chi connectivity index (χ0) is 20.1. The maximum absolute atomic E-state index is 12.5. The van der Waals surface area contributed by atoms with Crippen molar-refractivity contribution in [2.75, 3.05) is 13.7 Å². The smallest absolute Gasteiger partial charge is 0.339 e. The first-order valence-electron chi connectivity index (χ1n) is 8.83. The summed E-state index contributed by atoms with van der Waals surface area (Å²) < 4.78 is 5.02. The Morgan fingerprint density at radius 3 is 2.82 bits per heavy atom. The van der Waals surface area contributed by atoms with Crippen molar-refractivity contribution in [3.8, 4) is 5.75 Å². The Kier molecular flexibility index (Phi) is 5.88. The predicted molar refractivity (Wildman–Crippen MR) is 99.6 cm³/mol. The van der Waals surface area contributed by atoms with Gasteiger partial charge in [0.05, 0.1) is 25.3 Å². The zero-order valence-corrected chi connectivity index (χ0v) is 15.4. The number of amides is 2. The van der Waals surface area contributed by atoms with Crippen LogP contribution < -0.4 is 10.1 Å². The quantitative estimate of drug-likeness (QED) is 0.749. The van der Waals surface area contributed by atoms with Gasteiger partial charge in [-0.3, -0.25) is 14.6 Å². The Labute approximate surface area is 162 Å². The molecular formula is C20H21N3O5. The summed E-state index contributed by atoms with van der Waals surface area (Å²) in [6, 6.07) is 10.2. The second-order valence-corrected chi connectivity index (χ2v) is 6.55. The van der Waals surface area contributed by atoms with E-state index in [1.54, 1.807) is 29.3 Å². The number of pyridine rings is 1. The average molecular weight is 383 g/mol. The van der Waals surface area contributed by atoms with Gasteiger partial charge in [0.25, 0.3) is 0 Å². The van der Waals surface area contributed by atoms with Gasteiger partial charge in [-0.15, -0.1) is 0 Å². The van der Waals surface area contributed by atoms with Gasteiger partial charge in [0.1, 0.15) is 11.3 Å². The van der Waals surface area contributed by atoms with Crippen molar-refractivity contribution in [3.05, 3.63) is 59.4 Å². The van der Waals surface area contributed by atoms with Crippen molar-refractivity contribution >= 4 is 17.8 Å². The summed E-state index contributed by atoms with van der Waals surface area (Å²) in [5, 5.41) is 12.0. The number of carbonyl (C=O) groups excluding carboxylic acids is 2. The van der Waals surface area contributed by atoms with Crippen molar-refractivity contribution in [2.24, 2.45) is 5.92 Å². The fourth-order valence-electron chi connectivity index (χ4n) is 3.15. The molecule has 0 saturated carbocycles. The van der Waals surface area contributed by atoms with Gasteiger partial charge in [-0.25, -0.2) is 4.79 Å². The van der Waals surface area contributed by atoms with Crippen LogP contribution in [0.4, 0.5) is 0 Å². The number of benzene rings is 1. The van der Waals surface area contributed by atoms with E-state index in [9.17, 15) is 19.5 Å². The Morgan fingerprint density at radius 1 is 1.32 bits per heavy atom. The number of carboxylic acids is 1. The Hall–Kier alpha value is -3.42. The first-order chi connectivity index (χ1) is 13.5. The van der Waals surface area contributed by atoms with Crippen LogP contribution in [-0.4, -0.2) is 46.4 Å². The van der Waals surface area contributed by atoms with Crippen LogP contribution in [0.15, 0.2) is 42.6 Å². The van der Waals surface area contributed by atoms with Crippen LogP contribution in [-0.2, 0) is 22.7 Å². The molecule has 0 spiro atoms. The van der Waals surface area contributed by atoms with Gasteiger partial charge in [-0.05, 0) is 29.8 Å². The van der Waals surface area contributed by atoms with E-state index in [1.165, 1.54) is 13.2 Å². The monoisotopic (exact) mass is 383 g/mol. The largest absolute Gasteiger partial charge is 0.496 e. The summed E-state index contributed by atoms with van der Waals surface area (Å²) in [7, 11) is 1.40. The zero-order valence-electron chi connectivity index (χ0n) is 15.4. The predicted octanol–water partition coefficient (Wildman–Crippen LogP) is 1.45. The van der Waals surface area contributed by atoms with Crippen LogP contribution in [0.3, 0.4) is 0 Å². The van der Waals surface area contributed by atoms with Gasteiger partial charge in [0.2, 0.25) is 11.8 Å². The van der Waals surface area contributed by atoms with Crippen molar-refractivity contribution in [3.63, 3.8) is 0 Å². The van der Waals surface area contributed by atoms with E-state index in [0.29, 0.717) is 18.7 Å². The first-order valence-corrected chi connectivity index (χ1v) is 8.83. The summed E-state index contributed by atoms with van der Waals surface area (Å²) >= 11 is 0. The number of ether oxygens (including phenoxy) is 1. The van der Waals surface area contributed by atoms with Crippen LogP contribution in [0.25, 0.3) is 0 Å². The van der Waals surface area contributed by atoms with E-state index < -0.39 is 11.9 Å². The molecule has 0 aliphatic carbocycles. The minimum Gasteiger partial charge on any atom is -0.496 e. The molecule has 8 nitrogen and oxygen atoms in total. The number of hydrogen-bond acceptors (Lipinski definition) is 5. The number of carbonyl (C=O) groups is 3. The van der Waals surface area contributed by atoms with Gasteiger partial charge in [-0.2, -0.15) is 0 Å². The highest BCUT2D eigenvalue weighted by atomic mass is 16.5. The van der Waals surface area contributed by atoms with Crippen LogP contribution >= 0.6 is 0 Å². The second-order valence-electron chi connectivity index (χ2n) is 6.55. The molecule has 1 aliphatic heterocycles. The van der Waals surface area contributed by atoms with Crippen molar-refractivity contribution < 1.29 is 24.2 Å². The number of aromatic carboxylic acids is 1. The third kappa shape index (κ3) is 4.46. The van der Waals surface area contributed by atoms with E-state index in [2.05, 4.69) is 10.3 Å². The molecule has 0 radical (unpaired) electrons. The molecule has 2 aromatic rings. The number of nitrogens with one attached hydrogen (secondary N) is 1. The van der Waals surface area contributed by atoms with Crippen LogP contribution in [0.5, 0.6) is 5.75 Å². The fraction of sp³-hybridized carbons (Fsp3) is 0.300. The highest BCUT2D eigenvalue weighted by Gasteiger charge is 2.34. The van der Waals surface area contributed by atoms with Gasteiger partial charge in [0.15, 0.2) is 0 Å². The molecule has 1 atom stereocenters. The molecule has 1 saturated heterocycles. The lowest BCUT2D eigenvalue weighted by molar-refractivity contribution is -0.129. The minimum absolute atomic E-state index is 0.0341. The number of hydrogen-bond donors (Lipinski definition) is 2. The topological polar surface area (TPSA) is 109 Å². The van der Waals surface area contributed by atoms with Gasteiger partial charge in [0, 0.05) is 25.7 Å². The molecule has 3 rings (SSSR count). The molecule has 1 aromatic carbocycles. The first kappa shape index (κ1) is 19.3. The standard InChI is InChI=1S/C20H21N3O5/c1-28-17-6-5-13(8-16(17)20(26)27)10-22-19(25)14-9-18(24)23(11-14)12-15-4-2-3-7-21-15/h2-8,14H,9-12H2,1H3,(H,22,25)(H,26,27). The molecule has 8 heteroatoms. The van der Waals surface area contributed by atoms with E-state index in [4.69, 9.17) is 4.74 Å². The third-order valence-electron chi connectivity index (χ3n) is 4.63. The van der Waals surface area contributed by atoms with E-state index in [0.717, 1.165) is 5.69 Å². The van der Waals surface area contributed by atoms with Crippen molar-refractivity contribution in [2.45, 2.75) is 19.5 Å². The van der Waals surface area contributed by atoms with Crippen LogP contribution in [0, 0.1) is 5.92 Å². The Morgan fingerprint density at radius 2 is 2.14 bits per heavy atom. The summed E-state index contributed by atoms with van der Waals surface area (Å²) in [5.41, 5.74) is 1.45. The molecule has 2 heterocycles. The highest BCUT2D eigenvalue weighted by molar-refractivity contribution is 5.91. The number of likely N-dealkylation sites (tertiary alicyclic amines) is 1. The summed E-state index contributed by atoms with van der Waals surface area (Å²) in [5.74, 6) is -1.59. The number of methoxy groups -OCH3 is 1. The van der Waals surface area contributed by atoms with E-state index >= 15 is 0 Å². The van der Waals surface area contributed by atoms with Crippen molar-refractivity contribution in [1.29, 1.82) is 0 Å². The average Bonchev–Trinajstić information content (AvgIpc) is 3.07. The second kappa shape index (κ2) is 8.51. The lowest BCUT2D eigenvalue weighted by atomic mass is 10.1. The summed E-state index contributed by atoms with van der Waals surface area (Å²) in [4.78, 5) is 41.8. The van der Waals surface area contributed by atoms with Gasteiger partial charge in [-0.1, -0.05) is 12.1 Å². The maximum Gasteiger partial charge on any atom is 0.339 e. The molecule has 1 aliphatic rings. The molecule has 2 N–H and O–H groups in total. The third-order valence-corrected chi connectivity index (χ3v) is 4.63. The minimum atomic E-state index is -1.10. The molecule has 1 fully saturated rings. The number of nitrogens with zero attached hydrogens (tertiary/aromatic N) is 2. The van der Waals surface area contributed by atoms with Gasteiger partial charge < -0.3 is 20.1 Å². The number of aromatic nitrogens is 1. The summed E-state index contributed by atoms with van der Waals surface area (Å²) in [6.07, 6.45) is 1.82. The normalized spacial score (nSPS) is 16.1. The SMILES string of the molecule is COc1ccc(CNC(=O)C2CC(=O)N(Cc3ccccn3)C2)cc1C(=O)O. The molecule has 0 bridgehead atoms. The van der Waals surface area contributed by atoms with Gasteiger partial charge >= 0.3 is 5.97 Å². The maximum atomic E-state index is 12.5. The van der Waals surface area contributed by atoms with Crippen LogP contribution in [0.2, 0.25) is 0 Å². The molecule has 1 aromatic heterocycles. The molecular weight excluding hydrogens is 362 g/mol. The summed E-state index contributed by atoms with van der Waals surface area (Å²) in [6.45, 7) is 0.891. The lowest BCUT2D eigenvalue weighted by Gasteiger charge is -2.16. The van der Waals surface area contributed by atoms with Crippen molar-refractivity contribution in [1.82, 2.24) is 15.2 Å². The highest BCUT2D eigenvalue weighted by Crippen LogP contribution is 2.22. The van der Waals surface area contributed by atoms with E-state index in [-0.39, 0.29) is 36.1 Å². The Bertz CT molecular complexity index is 885. The van der Waals surface area contributed by atoms with E-state index in [1.807, 2.05) is 12.1 Å². The fourth-order valence-corrected chi connectivity index (χ4v) is 3.15. The molecule has 146 valence electrons.